The Morgan fingerprint density at radius 2 is 1.95 bits per heavy atom. The average molecular weight is 273 g/mol. The molecule has 1 aliphatic heterocycles. The maximum Gasteiger partial charge on any atom is 0.142 e. The molecule has 0 aliphatic carbocycles. The lowest BCUT2D eigenvalue weighted by atomic mass is 9.79. The normalized spacial score (nSPS) is 25.4. The molecule has 1 saturated heterocycles. The topological polar surface area (TPSA) is 37.4 Å². The van der Waals surface area contributed by atoms with E-state index in [1.807, 2.05) is 32.0 Å². The number of ketones is 2. The molecule has 2 rings (SSSR count). The molecule has 108 valence electrons. The Bertz CT molecular complexity index is 483. The Balaban J connectivity index is 2.09. The van der Waals surface area contributed by atoms with E-state index in [1.54, 1.807) is 6.92 Å². The molecule has 1 aromatic carbocycles. The van der Waals surface area contributed by atoms with Crippen LogP contribution < -0.4 is 0 Å². The highest BCUT2D eigenvalue weighted by molar-refractivity contribution is 5.90. The molecule has 20 heavy (non-hydrogen) atoms. The third-order valence-corrected chi connectivity index (χ3v) is 4.33. The molecule has 0 radical (unpaired) electrons. The van der Waals surface area contributed by atoms with Crippen molar-refractivity contribution in [2.45, 2.75) is 27.3 Å². The third-order valence-electron chi connectivity index (χ3n) is 4.33. The number of Topliss-reactive ketones (excluding diaryl/α,β-unsaturated/α-hetero) is 2. The Labute approximate surface area is 121 Å². The number of likely N-dealkylation sites (tertiary alicyclic amines) is 1. The van der Waals surface area contributed by atoms with Crippen LogP contribution in [0.25, 0.3) is 0 Å². The first kappa shape index (κ1) is 14.9. The Morgan fingerprint density at radius 1 is 1.30 bits per heavy atom. The van der Waals surface area contributed by atoms with Crippen LogP contribution in [0.3, 0.4) is 0 Å². The van der Waals surface area contributed by atoms with Crippen LogP contribution in [0, 0.1) is 17.8 Å². The number of hydrogen-bond acceptors (Lipinski definition) is 3. The molecule has 0 aromatic heterocycles. The van der Waals surface area contributed by atoms with Crippen LogP contribution in [0.4, 0.5) is 0 Å². The van der Waals surface area contributed by atoms with Crippen molar-refractivity contribution in [3.63, 3.8) is 0 Å². The Kier molecular flexibility index (Phi) is 4.71. The molecular weight excluding hydrogens is 250 g/mol. The zero-order chi connectivity index (χ0) is 14.7. The van der Waals surface area contributed by atoms with Gasteiger partial charge in [-0.2, -0.15) is 0 Å². The van der Waals surface area contributed by atoms with Gasteiger partial charge in [-0.05, 0) is 12.5 Å². The summed E-state index contributed by atoms with van der Waals surface area (Å²) in [4.78, 5) is 26.2. The number of nitrogens with zero attached hydrogens (tertiary/aromatic N) is 1. The van der Waals surface area contributed by atoms with Crippen molar-refractivity contribution in [3.8, 4) is 0 Å². The molecule has 3 unspecified atom stereocenters. The summed E-state index contributed by atoms with van der Waals surface area (Å²) in [6, 6.07) is 10.3. The SMILES string of the molecule is CC(=O)C(C)C1CN(Cc2ccccc2)CC(C)C1=O. The minimum Gasteiger partial charge on any atom is -0.300 e. The summed E-state index contributed by atoms with van der Waals surface area (Å²) in [5.74, 6) is 0.0388. The first-order valence-corrected chi connectivity index (χ1v) is 7.29. The summed E-state index contributed by atoms with van der Waals surface area (Å²) in [7, 11) is 0. The van der Waals surface area contributed by atoms with Crippen molar-refractivity contribution in [2.75, 3.05) is 13.1 Å². The number of hydrogen-bond donors (Lipinski definition) is 0. The Morgan fingerprint density at radius 3 is 2.55 bits per heavy atom. The number of piperidine rings is 1. The fraction of sp³-hybridized carbons (Fsp3) is 0.529. The van der Waals surface area contributed by atoms with E-state index in [0.29, 0.717) is 6.54 Å². The molecule has 0 spiro atoms. The van der Waals surface area contributed by atoms with Gasteiger partial charge in [-0.3, -0.25) is 14.5 Å². The van der Waals surface area contributed by atoms with Gasteiger partial charge in [0.05, 0.1) is 0 Å². The fourth-order valence-corrected chi connectivity index (χ4v) is 2.94. The second-order valence-electron chi connectivity index (χ2n) is 5.99. The van der Waals surface area contributed by atoms with E-state index in [0.717, 1.165) is 13.1 Å². The molecule has 0 bridgehead atoms. The predicted octanol–water partition coefficient (Wildman–Crippen LogP) is 2.55. The van der Waals surface area contributed by atoms with Gasteiger partial charge in [0, 0.05) is 37.4 Å². The van der Waals surface area contributed by atoms with Crippen molar-refractivity contribution in [2.24, 2.45) is 17.8 Å². The summed E-state index contributed by atoms with van der Waals surface area (Å²) >= 11 is 0. The summed E-state index contributed by atoms with van der Waals surface area (Å²) in [6.45, 7) is 7.76. The monoisotopic (exact) mass is 273 g/mol. The lowest BCUT2D eigenvalue weighted by molar-refractivity contribution is -0.137. The second kappa shape index (κ2) is 6.31. The molecule has 1 aromatic rings. The number of carbonyl (C=O) groups excluding carboxylic acids is 2. The van der Waals surface area contributed by atoms with E-state index in [1.165, 1.54) is 5.56 Å². The van der Waals surface area contributed by atoms with Gasteiger partial charge >= 0.3 is 0 Å². The van der Waals surface area contributed by atoms with E-state index in [4.69, 9.17) is 0 Å². The van der Waals surface area contributed by atoms with Crippen molar-refractivity contribution < 1.29 is 9.59 Å². The average Bonchev–Trinajstić information content (AvgIpc) is 2.43. The lowest BCUT2D eigenvalue weighted by Gasteiger charge is -2.37. The quantitative estimate of drug-likeness (QED) is 0.846. The molecular formula is C17H23NO2. The van der Waals surface area contributed by atoms with Crippen molar-refractivity contribution in [3.05, 3.63) is 35.9 Å². The number of rotatable bonds is 4. The Hall–Kier alpha value is -1.48. The van der Waals surface area contributed by atoms with E-state index >= 15 is 0 Å². The van der Waals surface area contributed by atoms with Crippen molar-refractivity contribution in [1.29, 1.82) is 0 Å². The van der Waals surface area contributed by atoms with Gasteiger partial charge in [-0.15, -0.1) is 0 Å². The molecule has 0 N–H and O–H groups in total. The van der Waals surface area contributed by atoms with Crippen LogP contribution in [0.1, 0.15) is 26.3 Å². The number of carbonyl (C=O) groups is 2. The minimum absolute atomic E-state index is 0.0132. The van der Waals surface area contributed by atoms with E-state index in [2.05, 4.69) is 17.0 Å². The maximum atomic E-state index is 12.3. The highest BCUT2D eigenvalue weighted by atomic mass is 16.1. The summed E-state index contributed by atoms with van der Waals surface area (Å²) in [5.41, 5.74) is 1.25. The maximum absolute atomic E-state index is 12.3. The van der Waals surface area contributed by atoms with Gasteiger partial charge < -0.3 is 0 Å². The smallest absolute Gasteiger partial charge is 0.142 e. The zero-order valence-electron chi connectivity index (χ0n) is 12.5. The summed E-state index contributed by atoms with van der Waals surface area (Å²) in [6.07, 6.45) is 0. The molecule has 3 nitrogen and oxygen atoms in total. The van der Waals surface area contributed by atoms with Crippen LogP contribution >= 0.6 is 0 Å². The standard InChI is InChI=1S/C17H23NO2/c1-12-9-18(10-15-7-5-4-6-8-15)11-16(17(12)20)13(2)14(3)19/h4-8,12-13,16H,9-11H2,1-3H3. The largest absolute Gasteiger partial charge is 0.300 e. The van der Waals surface area contributed by atoms with Gasteiger partial charge in [-0.25, -0.2) is 0 Å². The zero-order valence-corrected chi connectivity index (χ0v) is 12.5. The molecule has 1 aliphatic rings. The van der Waals surface area contributed by atoms with Crippen LogP contribution in [-0.4, -0.2) is 29.6 Å². The van der Waals surface area contributed by atoms with E-state index in [9.17, 15) is 9.59 Å². The molecule has 3 atom stereocenters. The van der Waals surface area contributed by atoms with Crippen LogP contribution in [0.15, 0.2) is 30.3 Å². The first-order valence-electron chi connectivity index (χ1n) is 7.29. The number of benzene rings is 1. The van der Waals surface area contributed by atoms with Crippen LogP contribution in [0.5, 0.6) is 0 Å². The van der Waals surface area contributed by atoms with Gasteiger partial charge in [0.1, 0.15) is 11.6 Å². The van der Waals surface area contributed by atoms with Gasteiger partial charge in [0.25, 0.3) is 0 Å². The van der Waals surface area contributed by atoms with E-state index < -0.39 is 0 Å². The molecule has 0 amide bonds. The van der Waals surface area contributed by atoms with Crippen molar-refractivity contribution >= 4 is 11.6 Å². The second-order valence-corrected chi connectivity index (χ2v) is 5.99. The molecule has 0 saturated carbocycles. The van der Waals surface area contributed by atoms with Crippen LogP contribution in [0.2, 0.25) is 0 Å². The van der Waals surface area contributed by atoms with Gasteiger partial charge in [0.2, 0.25) is 0 Å². The fourth-order valence-electron chi connectivity index (χ4n) is 2.94. The van der Waals surface area contributed by atoms with Crippen molar-refractivity contribution in [1.82, 2.24) is 4.90 Å². The highest BCUT2D eigenvalue weighted by Gasteiger charge is 2.37. The molecule has 3 heteroatoms. The van der Waals surface area contributed by atoms with Crippen LogP contribution in [-0.2, 0) is 16.1 Å². The first-order chi connectivity index (χ1) is 9.49. The highest BCUT2D eigenvalue weighted by Crippen LogP contribution is 2.26. The predicted molar refractivity (Wildman–Crippen MR) is 79.2 cm³/mol. The van der Waals surface area contributed by atoms with Gasteiger partial charge in [-0.1, -0.05) is 44.2 Å². The summed E-state index contributed by atoms with van der Waals surface area (Å²) in [5, 5.41) is 0. The minimum atomic E-state index is -0.177. The lowest BCUT2D eigenvalue weighted by Crippen LogP contribution is -2.48. The van der Waals surface area contributed by atoms with E-state index in [-0.39, 0.29) is 29.3 Å². The molecule has 1 fully saturated rings. The summed E-state index contributed by atoms with van der Waals surface area (Å²) < 4.78 is 0. The molecule has 1 heterocycles. The third kappa shape index (κ3) is 3.34. The van der Waals surface area contributed by atoms with Gasteiger partial charge in [0.15, 0.2) is 0 Å².